The van der Waals surface area contributed by atoms with Gasteiger partial charge in [0, 0.05) is 4.88 Å². The van der Waals surface area contributed by atoms with Gasteiger partial charge in [-0.2, -0.15) is 0 Å². The van der Waals surface area contributed by atoms with Crippen LogP contribution in [0.15, 0.2) is 33.9 Å². The average Bonchev–Trinajstić information content (AvgIpc) is 3.36. The van der Waals surface area contributed by atoms with Gasteiger partial charge in [0.05, 0.1) is 24.7 Å². The molecule has 3 heterocycles. The molecule has 1 atom stereocenters. The Labute approximate surface area is 188 Å². The molecule has 0 saturated heterocycles. The number of rotatable bonds is 6. The van der Waals surface area contributed by atoms with Gasteiger partial charge in [-0.1, -0.05) is 30.8 Å². The third-order valence-electron chi connectivity index (χ3n) is 5.52. The van der Waals surface area contributed by atoms with Crippen LogP contribution in [-0.4, -0.2) is 27.3 Å². The summed E-state index contributed by atoms with van der Waals surface area (Å²) >= 11 is 3.19. The van der Waals surface area contributed by atoms with Crippen molar-refractivity contribution >= 4 is 39.1 Å². The van der Waals surface area contributed by atoms with E-state index in [0.717, 1.165) is 40.3 Å². The van der Waals surface area contributed by atoms with E-state index in [-0.39, 0.29) is 0 Å². The first-order chi connectivity index (χ1) is 15.1. The van der Waals surface area contributed by atoms with E-state index in [1.165, 1.54) is 28.6 Å². The summed E-state index contributed by atoms with van der Waals surface area (Å²) in [6.07, 6.45) is 3.95. The maximum Gasteiger partial charge on any atom is 0.277 e. The fourth-order valence-corrected chi connectivity index (χ4v) is 5.94. The van der Waals surface area contributed by atoms with Gasteiger partial charge in [-0.05, 0) is 48.4 Å². The molecule has 4 aromatic rings. The molecule has 1 aromatic carbocycles. The topological polar surface area (TPSA) is 100.0 Å². The van der Waals surface area contributed by atoms with Crippen LogP contribution in [0, 0.1) is 5.92 Å². The second kappa shape index (κ2) is 8.47. The number of methoxy groups -OCH3 is 1. The van der Waals surface area contributed by atoms with E-state index in [0.29, 0.717) is 34.9 Å². The number of nitrogens with two attached hydrogens (primary N) is 1. The van der Waals surface area contributed by atoms with Crippen LogP contribution in [0.3, 0.4) is 0 Å². The molecular formula is C22H23N5O2S2. The molecular weight excluding hydrogens is 430 g/mol. The van der Waals surface area contributed by atoms with Crippen LogP contribution >= 0.6 is 23.1 Å². The Hall–Kier alpha value is -2.65. The zero-order valence-corrected chi connectivity index (χ0v) is 19.1. The minimum absolute atomic E-state index is 0.505. The van der Waals surface area contributed by atoms with Crippen LogP contribution in [-0.2, 0) is 25.0 Å². The fourth-order valence-electron chi connectivity index (χ4n) is 3.89. The summed E-state index contributed by atoms with van der Waals surface area (Å²) in [4.78, 5) is 11.7. The van der Waals surface area contributed by atoms with Crippen molar-refractivity contribution < 1.29 is 9.15 Å². The van der Waals surface area contributed by atoms with E-state index in [1.54, 1.807) is 18.4 Å². The summed E-state index contributed by atoms with van der Waals surface area (Å²) in [7, 11) is 1.65. The predicted molar refractivity (Wildman–Crippen MR) is 123 cm³/mol. The van der Waals surface area contributed by atoms with Crippen molar-refractivity contribution in [1.29, 1.82) is 0 Å². The average molecular weight is 454 g/mol. The number of thioether (sulfide) groups is 1. The summed E-state index contributed by atoms with van der Waals surface area (Å²) in [5.74, 6) is 3.92. The van der Waals surface area contributed by atoms with Gasteiger partial charge in [0.1, 0.15) is 22.2 Å². The highest BCUT2D eigenvalue weighted by molar-refractivity contribution is 7.98. The van der Waals surface area contributed by atoms with Gasteiger partial charge in [-0.25, -0.2) is 9.97 Å². The molecule has 1 aliphatic rings. The molecule has 0 amide bonds. The number of aryl methyl sites for hydroxylation is 1. The molecule has 0 saturated carbocycles. The summed E-state index contributed by atoms with van der Waals surface area (Å²) < 4.78 is 11.0. The van der Waals surface area contributed by atoms with E-state index in [1.807, 2.05) is 24.3 Å². The molecule has 0 aliphatic heterocycles. The number of hydrogen-bond acceptors (Lipinski definition) is 9. The lowest BCUT2D eigenvalue weighted by molar-refractivity contribution is 0.413. The van der Waals surface area contributed by atoms with Gasteiger partial charge in [0.25, 0.3) is 5.22 Å². The van der Waals surface area contributed by atoms with Crippen LogP contribution in [0.5, 0.6) is 5.75 Å². The van der Waals surface area contributed by atoms with Crippen molar-refractivity contribution in [2.45, 2.75) is 43.6 Å². The lowest BCUT2D eigenvalue weighted by atomic mass is 9.89. The van der Waals surface area contributed by atoms with Gasteiger partial charge < -0.3 is 14.9 Å². The summed E-state index contributed by atoms with van der Waals surface area (Å²) in [6.45, 7) is 2.30. The Bertz CT molecular complexity index is 1220. The molecule has 0 spiro atoms. The summed E-state index contributed by atoms with van der Waals surface area (Å²) in [6, 6.07) is 7.82. The Morgan fingerprint density at radius 2 is 2.06 bits per heavy atom. The highest BCUT2D eigenvalue weighted by Gasteiger charge is 2.23. The van der Waals surface area contributed by atoms with Crippen LogP contribution in [0.2, 0.25) is 0 Å². The van der Waals surface area contributed by atoms with Crippen LogP contribution in [0.1, 0.15) is 41.1 Å². The van der Waals surface area contributed by atoms with Crippen molar-refractivity contribution in [3.63, 3.8) is 0 Å². The maximum absolute atomic E-state index is 6.33. The van der Waals surface area contributed by atoms with Crippen molar-refractivity contribution in [2.24, 2.45) is 5.92 Å². The second-order valence-corrected chi connectivity index (χ2v) is 9.84. The van der Waals surface area contributed by atoms with Crippen LogP contribution in [0.4, 0.5) is 5.82 Å². The van der Waals surface area contributed by atoms with Gasteiger partial charge in [0.15, 0.2) is 0 Å². The van der Waals surface area contributed by atoms with Crippen molar-refractivity contribution in [2.75, 3.05) is 12.8 Å². The van der Waals surface area contributed by atoms with Crippen molar-refractivity contribution in [3.05, 3.63) is 52.0 Å². The highest BCUT2D eigenvalue weighted by atomic mass is 32.2. The normalized spacial score (nSPS) is 15.9. The monoisotopic (exact) mass is 453 g/mol. The lowest BCUT2D eigenvalue weighted by Gasteiger charge is -2.17. The first kappa shape index (κ1) is 20.3. The molecule has 160 valence electrons. The minimum atomic E-state index is 0.505. The molecule has 5 rings (SSSR count). The predicted octanol–water partition coefficient (Wildman–Crippen LogP) is 4.67. The lowest BCUT2D eigenvalue weighted by Crippen LogP contribution is -2.09. The fraction of sp³-hybridized carbons (Fsp3) is 0.364. The Morgan fingerprint density at radius 3 is 2.87 bits per heavy atom. The Balaban J connectivity index is 1.28. The summed E-state index contributed by atoms with van der Waals surface area (Å²) in [5.41, 5.74) is 8.76. The van der Waals surface area contributed by atoms with E-state index < -0.39 is 0 Å². The number of nitrogen functional groups attached to an aromatic ring is 1. The van der Waals surface area contributed by atoms with Gasteiger partial charge in [-0.3, -0.25) is 0 Å². The maximum atomic E-state index is 6.33. The molecule has 31 heavy (non-hydrogen) atoms. The number of fused-ring (bicyclic) bond motifs is 3. The molecule has 1 unspecified atom stereocenters. The quantitative estimate of drug-likeness (QED) is 0.420. The zero-order chi connectivity index (χ0) is 21.4. The van der Waals surface area contributed by atoms with E-state index in [9.17, 15) is 0 Å². The largest absolute Gasteiger partial charge is 0.497 e. The SMILES string of the molecule is COc1ccc(Cc2nnc(SCc3nc(N)c4c5c(sc4n3)CC(C)CC5)o2)cc1. The Kier molecular flexibility index (Phi) is 5.54. The number of thiophene rings is 1. The summed E-state index contributed by atoms with van der Waals surface area (Å²) in [5, 5.41) is 9.86. The molecule has 0 radical (unpaired) electrons. The van der Waals surface area contributed by atoms with Gasteiger partial charge >= 0.3 is 0 Å². The van der Waals surface area contributed by atoms with E-state index in [4.69, 9.17) is 19.9 Å². The van der Waals surface area contributed by atoms with Crippen LogP contribution in [0.25, 0.3) is 10.2 Å². The molecule has 2 N–H and O–H groups in total. The number of hydrogen-bond donors (Lipinski definition) is 1. The number of aromatic nitrogens is 4. The standard InChI is InChI=1S/C22H23N5O2S2/c1-12-3-8-15-16(9-12)31-21-19(15)20(23)24-17(25-21)11-30-22-27-26-18(29-22)10-13-4-6-14(28-2)7-5-13/h4-7,12H,3,8-11H2,1-2H3,(H2,23,24,25). The van der Waals surface area contributed by atoms with Crippen LogP contribution < -0.4 is 10.5 Å². The van der Waals surface area contributed by atoms with Gasteiger partial charge in [0.2, 0.25) is 5.89 Å². The second-order valence-electron chi connectivity index (χ2n) is 7.83. The number of ether oxygens (including phenoxy) is 1. The van der Waals surface area contributed by atoms with Crippen molar-refractivity contribution in [1.82, 2.24) is 20.2 Å². The third-order valence-corrected chi connectivity index (χ3v) is 7.48. The molecule has 9 heteroatoms. The first-order valence-electron chi connectivity index (χ1n) is 10.2. The molecule has 0 bridgehead atoms. The first-order valence-corrected chi connectivity index (χ1v) is 12.0. The molecule has 0 fully saturated rings. The molecule has 7 nitrogen and oxygen atoms in total. The number of nitrogens with zero attached hydrogens (tertiary/aromatic N) is 4. The molecule has 3 aromatic heterocycles. The highest BCUT2D eigenvalue weighted by Crippen LogP contribution is 2.39. The molecule has 1 aliphatic carbocycles. The third kappa shape index (κ3) is 4.24. The Morgan fingerprint density at radius 1 is 1.23 bits per heavy atom. The number of anilines is 1. The smallest absolute Gasteiger partial charge is 0.277 e. The van der Waals surface area contributed by atoms with E-state index in [2.05, 4.69) is 22.1 Å². The zero-order valence-electron chi connectivity index (χ0n) is 17.4. The van der Waals surface area contributed by atoms with Gasteiger partial charge in [-0.15, -0.1) is 21.5 Å². The van der Waals surface area contributed by atoms with Crippen molar-refractivity contribution in [3.8, 4) is 5.75 Å². The van der Waals surface area contributed by atoms with E-state index >= 15 is 0 Å². The number of benzene rings is 1. The minimum Gasteiger partial charge on any atom is -0.497 e.